The lowest BCUT2D eigenvalue weighted by atomic mass is 9.91. The minimum Gasteiger partial charge on any atom is -0.506 e. The van der Waals surface area contributed by atoms with Gasteiger partial charge in [-0.3, -0.25) is 9.88 Å². The Bertz CT molecular complexity index is 398. The molecule has 1 aromatic heterocycles. The van der Waals surface area contributed by atoms with Crippen molar-refractivity contribution in [2.45, 2.75) is 39.3 Å². The number of aryl methyl sites for hydroxylation is 1. The Morgan fingerprint density at radius 2 is 2.11 bits per heavy atom. The lowest BCUT2D eigenvalue weighted by molar-refractivity contribution is 0.163. The maximum atomic E-state index is 9.80. The first kappa shape index (κ1) is 13.3. The summed E-state index contributed by atoms with van der Waals surface area (Å²) in [6.07, 6.45) is 2.29. The molecule has 0 aliphatic carbocycles. The zero-order valence-corrected chi connectivity index (χ0v) is 11.3. The Balaban J connectivity index is 1.93. The molecular formula is C14H23N3O. The van der Waals surface area contributed by atoms with E-state index in [0.29, 0.717) is 11.7 Å². The molecule has 0 amide bonds. The van der Waals surface area contributed by atoms with Gasteiger partial charge in [-0.15, -0.1) is 0 Å². The molecule has 1 aliphatic heterocycles. The van der Waals surface area contributed by atoms with E-state index < -0.39 is 0 Å². The van der Waals surface area contributed by atoms with E-state index in [1.807, 2.05) is 13.0 Å². The fourth-order valence-electron chi connectivity index (χ4n) is 2.57. The molecule has 1 unspecified atom stereocenters. The van der Waals surface area contributed by atoms with E-state index in [1.165, 1.54) is 0 Å². The van der Waals surface area contributed by atoms with Gasteiger partial charge in [-0.1, -0.05) is 0 Å². The van der Waals surface area contributed by atoms with E-state index in [2.05, 4.69) is 16.8 Å². The summed E-state index contributed by atoms with van der Waals surface area (Å²) in [4.78, 5) is 6.75. The normalized spacial score (nSPS) is 19.9. The molecule has 0 saturated carbocycles. The van der Waals surface area contributed by atoms with E-state index in [1.54, 1.807) is 6.07 Å². The molecule has 1 aliphatic rings. The molecule has 4 nitrogen and oxygen atoms in total. The third-order valence-electron chi connectivity index (χ3n) is 3.84. The van der Waals surface area contributed by atoms with Crippen molar-refractivity contribution in [1.29, 1.82) is 0 Å². The van der Waals surface area contributed by atoms with Crippen LogP contribution in [0.3, 0.4) is 0 Å². The highest BCUT2D eigenvalue weighted by Crippen LogP contribution is 2.23. The Kier molecular flexibility index (Phi) is 4.19. The van der Waals surface area contributed by atoms with Gasteiger partial charge in [0.15, 0.2) is 0 Å². The van der Waals surface area contributed by atoms with Gasteiger partial charge in [0, 0.05) is 18.3 Å². The number of rotatable bonds is 3. The lowest BCUT2D eigenvalue weighted by Crippen LogP contribution is -2.39. The van der Waals surface area contributed by atoms with Crippen molar-refractivity contribution in [1.82, 2.24) is 9.88 Å². The second kappa shape index (κ2) is 5.67. The van der Waals surface area contributed by atoms with Crippen LogP contribution in [0.4, 0.5) is 0 Å². The van der Waals surface area contributed by atoms with Crippen molar-refractivity contribution < 1.29 is 5.11 Å². The summed E-state index contributed by atoms with van der Waals surface area (Å²) >= 11 is 0. The SMILES string of the molecule is Cc1ccc(O)c(CN2CCC(C(C)N)CC2)n1. The second-order valence-electron chi connectivity index (χ2n) is 5.39. The largest absolute Gasteiger partial charge is 0.506 e. The summed E-state index contributed by atoms with van der Waals surface area (Å²) in [5, 5.41) is 9.80. The molecule has 0 aromatic carbocycles. The number of nitrogens with two attached hydrogens (primary N) is 1. The molecular weight excluding hydrogens is 226 g/mol. The third kappa shape index (κ3) is 3.21. The number of aromatic nitrogens is 1. The summed E-state index contributed by atoms with van der Waals surface area (Å²) in [7, 11) is 0. The highest BCUT2D eigenvalue weighted by molar-refractivity contribution is 5.27. The summed E-state index contributed by atoms with van der Waals surface area (Å²) in [6.45, 7) is 6.86. The van der Waals surface area contributed by atoms with Crippen LogP contribution in [0.5, 0.6) is 5.75 Å². The van der Waals surface area contributed by atoms with E-state index in [4.69, 9.17) is 5.73 Å². The maximum Gasteiger partial charge on any atom is 0.138 e. The standard InChI is InChI=1S/C14H23N3O/c1-10-3-4-14(18)13(16-10)9-17-7-5-12(6-8-17)11(2)15/h3-4,11-12,18H,5-9,15H2,1-2H3. The Morgan fingerprint density at radius 1 is 1.44 bits per heavy atom. The Hall–Kier alpha value is -1.13. The number of pyridine rings is 1. The minimum atomic E-state index is 0.289. The van der Waals surface area contributed by atoms with Crippen LogP contribution in [-0.4, -0.2) is 34.1 Å². The quantitative estimate of drug-likeness (QED) is 0.855. The van der Waals surface area contributed by atoms with Crippen molar-refractivity contribution >= 4 is 0 Å². The molecule has 1 atom stereocenters. The summed E-state index contributed by atoms with van der Waals surface area (Å²) in [6, 6.07) is 3.85. The lowest BCUT2D eigenvalue weighted by Gasteiger charge is -2.33. The number of likely N-dealkylation sites (tertiary alicyclic amines) is 1. The van der Waals surface area contributed by atoms with Gasteiger partial charge in [-0.25, -0.2) is 0 Å². The van der Waals surface area contributed by atoms with Crippen LogP contribution in [0.2, 0.25) is 0 Å². The van der Waals surface area contributed by atoms with Gasteiger partial charge in [0.2, 0.25) is 0 Å². The minimum absolute atomic E-state index is 0.289. The van der Waals surface area contributed by atoms with Crippen LogP contribution in [0.15, 0.2) is 12.1 Å². The second-order valence-corrected chi connectivity index (χ2v) is 5.39. The fourth-order valence-corrected chi connectivity index (χ4v) is 2.57. The van der Waals surface area contributed by atoms with E-state index in [-0.39, 0.29) is 6.04 Å². The maximum absolute atomic E-state index is 9.80. The summed E-state index contributed by atoms with van der Waals surface area (Å²) in [5.41, 5.74) is 7.68. The molecule has 18 heavy (non-hydrogen) atoms. The average molecular weight is 249 g/mol. The van der Waals surface area contributed by atoms with Gasteiger partial charge in [-0.2, -0.15) is 0 Å². The first-order valence-corrected chi connectivity index (χ1v) is 6.69. The van der Waals surface area contributed by atoms with Gasteiger partial charge in [0.05, 0.1) is 5.69 Å². The molecule has 1 saturated heterocycles. The van der Waals surface area contributed by atoms with Crippen molar-refractivity contribution in [3.63, 3.8) is 0 Å². The van der Waals surface area contributed by atoms with Gasteiger partial charge in [-0.05, 0) is 57.8 Å². The number of aromatic hydroxyl groups is 1. The van der Waals surface area contributed by atoms with E-state index >= 15 is 0 Å². The molecule has 3 N–H and O–H groups in total. The number of nitrogens with zero attached hydrogens (tertiary/aromatic N) is 2. The van der Waals surface area contributed by atoms with Gasteiger partial charge >= 0.3 is 0 Å². The topological polar surface area (TPSA) is 62.4 Å². The molecule has 2 rings (SSSR count). The van der Waals surface area contributed by atoms with Crippen LogP contribution in [0, 0.1) is 12.8 Å². The van der Waals surface area contributed by atoms with Gasteiger partial charge in [0.25, 0.3) is 0 Å². The Morgan fingerprint density at radius 3 is 2.72 bits per heavy atom. The van der Waals surface area contributed by atoms with Crippen molar-refractivity contribution in [2.75, 3.05) is 13.1 Å². The van der Waals surface area contributed by atoms with Crippen LogP contribution in [-0.2, 0) is 6.54 Å². The van der Waals surface area contributed by atoms with Crippen molar-refractivity contribution in [3.05, 3.63) is 23.5 Å². The van der Waals surface area contributed by atoms with Crippen molar-refractivity contribution in [2.24, 2.45) is 11.7 Å². The van der Waals surface area contributed by atoms with Crippen LogP contribution < -0.4 is 5.73 Å². The predicted octanol–water partition coefficient (Wildman–Crippen LogP) is 1.65. The highest BCUT2D eigenvalue weighted by atomic mass is 16.3. The molecule has 0 radical (unpaired) electrons. The molecule has 1 fully saturated rings. The third-order valence-corrected chi connectivity index (χ3v) is 3.84. The average Bonchev–Trinajstić information content (AvgIpc) is 2.34. The first-order chi connectivity index (χ1) is 8.56. The zero-order valence-electron chi connectivity index (χ0n) is 11.3. The van der Waals surface area contributed by atoms with Crippen LogP contribution >= 0.6 is 0 Å². The van der Waals surface area contributed by atoms with Crippen LogP contribution in [0.1, 0.15) is 31.2 Å². The number of hydrogen-bond acceptors (Lipinski definition) is 4. The molecule has 1 aromatic rings. The molecule has 2 heterocycles. The summed E-state index contributed by atoms with van der Waals surface area (Å²) in [5.74, 6) is 0.940. The summed E-state index contributed by atoms with van der Waals surface area (Å²) < 4.78 is 0. The molecule has 0 bridgehead atoms. The molecule has 4 heteroatoms. The van der Waals surface area contributed by atoms with Gasteiger partial charge < -0.3 is 10.8 Å². The number of hydrogen-bond donors (Lipinski definition) is 2. The van der Waals surface area contributed by atoms with E-state index in [0.717, 1.165) is 43.9 Å². The molecule has 100 valence electrons. The van der Waals surface area contributed by atoms with Crippen molar-refractivity contribution in [3.8, 4) is 5.75 Å². The Labute approximate surface area is 109 Å². The first-order valence-electron chi connectivity index (χ1n) is 6.69. The smallest absolute Gasteiger partial charge is 0.138 e. The monoisotopic (exact) mass is 249 g/mol. The zero-order chi connectivity index (χ0) is 13.1. The van der Waals surface area contributed by atoms with E-state index in [9.17, 15) is 5.11 Å². The predicted molar refractivity (Wildman–Crippen MR) is 72.3 cm³/mol. The van der Waals surface area contributed by atoms with Crippen LogP contribution in [0.25, 0.3) is 0 Å². The highest BCUT2D eigenvalue weighted by Gasteiger charge is 2.22. The fraction of sp³-hybridized carbons (Fsp3) is 0.643. The number of piperidine rings is 1. The molecule has 0 spiro atoms. The van der Waals surface area contributed by atoms with Gasteiger partial charge in [0.1, 0.15) is 5.75 Å².